The molecule has 10 heavy (non-hydrogen) atoms. The molecule has 1 N–H and O–H groups in total. The van der Waals surface area contributed by atoms with Gasteiger partial charge < -0.3 is 9.95 Å². The van der Waals surface area contributed by atoms with E-state index in [1.807, 2.05) is 13.8 Å². The van der Waals surface area contributed by atoms with E-state index in [2.05, 4.69) is 4.85 Å². The summed E-state index contributed by atoms with van der Waals surface area (Å²) in [6.07, 6.45) is -0.367. The van der Waals surface area contributed by atoms with Gasteiger partial charge in [-0.2, -0.15) is 0 Å². The van der Waals surface area contributed by atoms with Crippen molar-refractivity contribution >= 4 is 0 Å². The molecule has 0 aromatic heterocycles. The molecule has 55 valence electrons. The Bertz CT molecular complexity index is 119. The van der Waals surface area contributed by atoms with Gasteiger partial charge in [0.25, 0.3) is 0 Å². The zero-order valence-corrected chi connectivity index (χ0v) is 9.54. The molecule has 0 fully saturated rings. The summed E-state index contributed by atoms with van der Waals surface area (Å²) in [5, 5.41) is 8.98. The average molecular weight is 216 g/mol. The molecule has 0 heterocycles. The Morgan fingerprint density at radius 3 is 1.80 bits per heavy atom. The van der Waals surface area contributed by atoms with E-state index in [4.69, 9.17) is 11.7 Å². The van der Waals surface area contributed by atoms with Gasteiger partial charge in [-0.1, -0.05) is 6.92 Å². The first kappa shape index (κ1) is 13.2. The second-order valence-corrected chi connectivity index (χ2v) is 2.47. The fraction of sp³-hybridized carbons (Fsp3) is 0.857. The zero-order valence-electron chi connectivity index (χ0n) is 6.70. The van der Waals surface area contributed by atoms with Crippen molar-refractivity contribution in [1.29, 1.82) is 0 Å². The van der Waals surface area contributed by atoms with Crippen LogP contribution < -0.4 is 0 Å². The van der Waals surface area contributed by atoms with Crippen LogP contribution in [0.15, 0.2) is 0 Å². The van der Waals surface area contributed by atoms with Crippen molar-refractivity contribution in [3.05, 3.63) is 11.4 Å². The molecule has 1 unspecified atom stereocenters. The van der Waals surface area contributed by atoms with Gasteiger partial charge in [-0.3, -0.25) is 0 Å². The number of aliphatic hydroxyl groups excluding tert-OH is 1. The molecule has 0 amide bonds. The molecule has 0 aromatic carbocycles. The van der Waals surface area contributed by atoms with Crippen LogP contribution in [0.25, 0.3) is 4.85 Å². The zero-order chi connectivity index (χ0) is 7.44. The van der Waals surface area contributed by atoms with Gasteiger partial charge >= 0.3 is 0 Å². The molecule has 1 radical (unpaired) electrons. The number of hydrogen-bond acceptors (Lipinski definition) is 1. The summed E-state index contributed by atoms with van der Waals surface area (Å²) in [4.78, 5) is 3.30. The second-order valence-electron chi connectivity index (χ2n) is 2.47. The van der Waals surface area contributed by atoms with E-state index >= 15 is 0 Å². The molecule has 0 rings (SSSR count). The second kappa shape index (κ2) is 6.28. The third-order valence-corrected chi connectivity index (χ3v) is 1.73. The van der Waals surface area contributed by atoms with Crippen LogP contribution in [0, 0.1) is 12.5 Å². The summed E-state index contributed by atoms with van der Waals surface area (Å²) >= 11 is 0. The summed E-state index contributed by atoms with van der Waals surface area (Å²) < 4.78 is 0. The standard InChI is InChI=1S/C7H13NO.Y/c1-5(7(3)9)6(2)8-4;/h5-7,9H,1-3H3;/t5-,6?,7+;/m1./s1. The summed E-state index contributed by atoms with van der Waals surface area (Å²) in [7, 11) is 0. The maximum absolute atomic E-state index is 8.98. The van der Waals surface area contributed by atoms with Gasteiger partial charge in [-0.15, -0.1) is 0 Å². The number of nitrogens with zero attached hydrogens (tertiary/aromatic N) is 1. The molecule has 3 atom stereocenters. The van der Waals surface area contributed by atoms with Gasteiger partial charge in [0, 0.05) is 39.6 Å². The summed E-state index contributed by atoms with van der Waals surface area (Å²) in [6, 6.07) is -0.0648. The fourth-order valence-electron chi connectivity index (χ4n) is 0.521. The van der Waals surface area contributed by atoms with Crippen LogP contribution in [-0.4, -0.2) is 17.3 Å². The molecule has 0 saturated heterocycles. The maximum atomic E-state index is 8.98. The first-order valence-corrected chi connectivity index (χ1v) is 3.14. The molecule has 0 aliphatic carbocycles. The van der Waals surface area contributed by atoms with Gasteiger partial charge in [-0.25, -0.2) is 6.57 Å². The average Bonchev–Trinajstić information content (AvgIpc) is 1.84. The van der Waals surface area contributed by atoms with Crippen LogP contribution in [0.2, 0.25) is 0 Å². The van der Waals surface area contributed by atoms with E-state index in [1.165, 1.54) is 0 Å². The van der Waals surface area contributed by atoms with Crippen molar-refractivity contribution in [3.63, 3.8) is 0 Å². The van der Waals surface area contributed by atoms with Crippen LogP contribution in [0.3, 0.4) is 0 Å². The van der Waals surface area contributed by atoms with Gasteiger partial charge in [0.15, 0.2) is 0 Å². The predicted octanol–water partition coefficient (Wildman–Crippen LogP) is 1.31. The minimum Gasteiger partial charge on any atom is -0.393 e. The van der Waals surface area contributed by atoms with Gasteiger partial charge in [0.05, 0.1) is 12.0 Å². The predicted molar refractivity (Wildman–Crippen MR) is 36.9 cm³/mol. The number of hydrogen-bond donors (Lipinski definition) is 1. The SMILES string of the molecule is [C-]#[N+]C(C)[C@@H](C)[C@H](C)O.[Y]. The molecular formula is C7H13NOY. The molecule has 0 aliphatic rings. The minimum absolute atomic E-state index is 0. The van der Waals surface area contributed by atoms with E-state index in [-0.39, 0.29) is 50.8 Å². The molecule has 3 heteroatoms. The van der Waals surface area contributed by atoms with E-state index in [9.17, 15) is 0 Å². The fourth-order valence-corrected chi connectivity index (χ4v) is 0.521. The van der Waals surface area contributed by atoms with Crippen molar-refractivity contribution in [3.8, 4) is 0 Å². The third kappa shape index (κ3) is 4.38. The Morgan fingerprint density at radius 2 is 1.70 bits per heavy atom. The van der Waals surface area contributed by atoms with E-state index in [0.29, 0.717) is 0 Å². The largest absolute Gasteiger partial charge is 0.393 e. The smallest absolute Gasteiger partial charge is 0.225 e. The number of aliphatic hydroxyl groups is 1. The third-order valence-electron chi connectivity index (χ3n) is 1.73. The first-order chi connectivity index (χ1) is 4.09. The van der Waals surface area contributed by atoms with Crippen molar-refractivity contribution in [2.24, 2.45) is 5.92 Å². The van der Waals surface area contributed by atoms with Crippen molar-refractivity contribution < 1.29 is 37.8 Å². The van der Waals surface area contributed by atoms with Gasteiger partial charge in [0.1, 0.15) is 0 Å². The Morgan fingerprint density at radius 1 is 1.30 bits per heavy atom. The number of rotatable bonds is 2. The van der Waals surface area contributed by atoms with Crippen LogP contribution in [0.5, 0.6) is 0 Å². The summed E-state index contributed by atoms with van der Waals surface area (Å²) in [6.45, 7) is 12.1. The van der Waals surface area contributed by atoms with E-state index in [1.54, 1.807) is 6.92 Å². The normalized spacial score (nSPS) is 17.9. The van der Waals surface area contributed by atoms with Crippen molar-refractivity contribution in [1.82, 2.24) is 0 Å². The van der Waals surface area contributed by atoms with E-state index < -0.39 is 0 Å². The molecule has 0 bridgehead atoms. The Kier molecular flexibility index (Phi) is 8.26. The van der Waals surface area contributed by atoms with Crippen LogP contribution >= 0.6 is 0 Å². The van der Waals surface area contributed by atoms with Crippen molar-refractivity contribution in [2.45, 2.75) is 32.9 Å². The summed E-state index contributed by atoms with van der Waals surface area (Å²) in [5.41, 5.74) is 0. The maximum Gasteiger partial charge on any atom is 0.225 e. The first-order valence-electron chi connectivity index (χ1n) is 3.14. The van der Waals surface area contributed by atoms with Crippen LogP contribution in [-0.2, 0) is 32.7 Å². The molecule has 0 aromatic rings. The molecule has 0 aliphatic heterocycles. The monoisotopic (exact) mass is 216 g/mol. The molecule has 0 saturated carbocycles. The Balaban J connectivity index is 0. The molecule has 0 spiro atoms. The van der Waals surface area contributed by atoms with Crippen LogP contribution in [0.4, 0.5) is 0 Å². The van der Waals surface area contributed by atoms with Crippen LogP contribution in [0.1, 0.15) is 20.8 Å². The van der Waals surface area contributed by atoms with Gasteiger partial charge in [-0.05, 0) is 6.92 Å². The molecular weight excluding hydrogens is 203 g/mol. The topological polar surface area (TPSA) is 24.6 Å². The summed E-state index contributed by atoms with van der Waals surface area (Å²) in [5.74, 6) is 0.0856. The molecule has 2 nitrogen and oxygen atoms in total. The van der Waals surface area contributed by atoms with Crippen molar-refractivity contribution in [2.75, 3.05) is 0 Å². The quantitative estimate of drug-likeness (QED) is 0.691. The minimum atomic E-state index is -0.367. The van der Waals surface area contributed by atoms with E-state index in [0.717, 1.165) is 0 Å². The van der Waals surface area contributed by atoms with Gasteiger partial charge in [0.2, 0.25) is 6.04 Å². The Hall–Kier alpha value is 0.554. The Labute approximate surface area is 87.7 Å².